The first-order valence-corrected chi connectivity index (χ1v) is 25.0. The quantitative estimate of drug-likeness (QED) is 0.0600. The Bertz CT molecular complexity index is 2710. The van der Waals surface area contributed by atoms with Crippen LogP contribution in [0.3, 0.4) is 0 Å². The first-order valence-electron chi connectivity index (χ1n) is 23.8. The summed E-state index contributed by atoms with van der Waals surface area (Å²) in [4.78, 5) is 61.2. The van der Waals surface area contributed by atoms with Crippen LogP contribution in [0.2, 0.25) is 5.02 Å². The van der Waals surface area contributed by atoms with Gasteiger partial charge in [0.1, 0.15) is 42.9 Å². The van der Waals surface area contributed by atoms with E-state index in [4.69, 9.17) is 25.8 Å². The summed E-state index contributed by atoms with van der Waals surface area (Å²) in [5.41, 5.74) is 6.55. The maximum Gasteiger partial charge on any atom is 0.246 e. The molecule has 2 N–H and O–H groups in total. The van der Waals surface area contributed by atoms with Gasteiger partial charge in [0.05, 0.1) is 45.4 Å². The molecule has 2 amide bonds. The molecule has 2 aliphatic rings. The van der Waals surface area contributed by atoms with Crippen LogP contribution < -0.4 is 14.8 Å². The highest BCUT2D eigenvalue weighted by molar-refractivity contribution is 7.13. The molecule has 0 bridgehead atoms. The number of rotatable bonds is 19. The molecular weight excluding hydrogens is 924 g/mol. The number of nitriles is 1. The second-order valence-electron chi connectivity index (χ2n) is 20.8. The zero-order chi connectivity index (χ0) is 50.5. The first kappa shape index (κ1) is 51.9. The predicted molar refractivity (Wildman–Crippen MR) is 272 cm³/mol. The van der Waals surface area contributed by atoms with Crippen molar-refractivity contribution < 1.29 is 38.5 Å². The van der Waals surface area contributed by atoms with Gasteiger partial charge in [0.25, 0.3) is 0 Å². The number of nitrogens with zero attached hydrogens (tertiary/aromatic N) is 3. The van der Waals surface area contributed by atoms with Crippen LogP contribution >= 0.6 is 22.9 Å². The molecule has 1 aromatic heterocycles. The molecule has 70 heavy (non-hydrogen) atoms. The molecule has 4 aromatic carbocycles. The molecule has 1 saturated heterocycles. The third-order valence-corrected chi connectivity index (χ3v) is 15.2. The van der Waals surface area contributed by atoms with Crippen LogP contribution in [0.25, 0.3) is 21.6 Å². The van der Waals surface area contributed by atoms with E-state index in [-0.39, 0.29) is 73.6 Å². The van der Waals surface area contributed by atoms with E-state index < -0.39 is 35.4 Å². The average Bonchev–Trinajstić information content (AvgIpc) is 3.95. The van der Waals surface area contributed by atoms with Crippen molar-refractivity contribution in [3.63, 3.8) is 0 Å². The lowest BCUT2D eigenvalue weighted by Gasteiger charge is -2.63. The molecule has 2 heterocycles. The summed E-state index contributed by atoms with van der Waals surface area (Å²) in [7, 11) is 0. The molecule has 7 rings (SSSR count). The molecule has 14 heteroatoms. The number of aliphatic hydroxyl groups is 1. The topological polar surface area (TPSA) is 168 Å². The van der Waals surface area contributed by atoms with Crippen LogP contribution in [0.4, 0.5) is 0 Å². The van der Waals surface area contributed by atoms with Gasteiger partial charge in [-0.05, 0) is 71.2 Å². The van der Waals surface area contributed by atoms with Crippen LogP contribution in [0.5, 0.6) is 11.5 Å². The molecule has 5 aromatic rings. The Kier molecular flexibility index (Phi) is 16.0. The molecule has 1 aliphatic heterocycles. The number of amides is 2. The molecule has 12 nitrogen and oxygen atoms in total. The van der Waals surface area contributed by atoms with Crippen LogP contribution in [-0.4, -0.2) is 89.0 Å². The molecule has 368 valence electrons. The van der Waals surface area contributed by atoms with Gasteiger partial charge in [-0.15, -0.1) is 11.3 Å². The minimum atomic E-state index is -0.955. The number of hydrogen-bond donors (Lipinski definition) is 2. The lowest BCUT2D eigenvalue weighted by Crippen LogP contribution is -2.66. The van der Waals surface area contributed by atoms with Crippen LogP contribution in [-0.2, 0) is 25.5 Å². The van der Waals surface area contributed by atoms with Crippen LogP contribution in [0, 0.1) is 40.4 Å². The van der Waals surface area contributed by atoms with Gasteiger partial charge in [-0.3, -0.25) is 19.2 Å². The number of aliphatic hydroxyl groups excluding tert-OH is 1. The molecule has 0 radical (unpaired) electrons. The van der Waals surface area contributed by atoms with Gasteiger partial charge < -0.3 is 29.5 Å². The molecule has 2 fully saturated rings. The summed E-state index contributed by atoms with van der Waals surface area (Å²) >= 11 is 7.85. The Morgan fingerprint density at radius 1 is 0.914 bits per heavy atom. The Hall–Kier alpha value is -5.91. The second-order valence-corrected chi connectivity index (χ2v) is 22.0. The van der Waals surface area contributed by atoms with Gasteiger partial charge >= 0.3 is 0 Å². The predicted octanol–water partition coefficient (Wildman–Crippen LogP) is 10.1. The Morgan fingerprint density at radius 3 is 2.14 bits per heavy atom. The molecular formula is C56H63ClN4O8S. The maximum atomic E-state index is 14.0. The smallest absolute Gasteiger partial charge is 0.246 e. The summed E-state index contributed by atoms with van der Waals surface area (Å²) in [5, 5.41) is 23.0. The number of aromatic nitrogens is 1. The molecule has 1 aliphatic carbocycles. The van der Waals surface area contributed by atoms with Crippen molar-refractivity contribution in [1.82, 2.24) is 15.2 Å². The summed E-state index contributed by atoms with van der Waals surface area (Å²) in [6.45, 7) is 16.0. The summed E-state index contributed by atoms with van der Waals surface area (Å²) < 4.78 is 17.9. The number of halogens is 1. The number of nitrogens with one attached hydrogen (secondary N) is 1. The summed E-state index contributed by atoms with van der Waals surface area (Å²) in [6.07, 6.45) is 0.247. The lowest BCUT2D eigenvalue weighted by atomic mass is 9.44. The number of β-amino-alcohol motifs (C(OH)–C–C–N with tert-alkyl or cyclic N) is 1. The van der Waals surface area contributed by atoms with Crippen molar-refractivity contribution in [3.05, 3.63) is 124 Å². The highest BCUT2D eigenvalue weighted by Crippen LogP contribution is 2.62. The lowest BCUT2D eigenvalue weighted by molar-refractivity contribution is -0.196. The number of hydrogen-bond acceptors (Lipinski definition) is 11. The largest absolute Gasteiger partial charge is 0.491 e. The van der Waals surface area contributed by atoms with Crippen molar-refractivity contribution in [2.75, 3.05) is 26.4 Å². The number of Topliss-reactive ketones (excluding diaryl/α,β-unsaturated/α-hetero) is 2. The van der Waals surface area contributed by atoms with Crippen molar-refractivity contribution in [3.8, 4) is 39.1 Å². The number of ketones is 2. The third kappa shape index (κ3) is 11.8. The molecule has 3 atom stereocenters. The third-order valence-electron chi connectivity index (χ3n) is 14.0. The average molecular weight is 988 g/mol. The van der Waals surface area contributed by atoms with E-state index >= 15 is 0 Å². The molecule has 0 unspecified atom stereocenters. The zero-order valence-electron chi connectivity index (χ0n) is 41.2. The van der Waals surface area contributed by atoms with Gasteiger partial charge in [-0.1, -0.05) is 121 Å². The first-order chi connectivity index (χ1) is 33.2. The minimum absolute atomic E-state index is 0.0138. The van der Waals surface area contributed by atoms with E-state index in [9.17, 15) is 29.5 Å². The van der Waals surface area contributed by atoms with Crippen molar-refractivity contribution in [2.24, 2.45) is 22.2 Å². The normalized spacial score (nSPS) is 19.6. The Morgan fingerprint density at radius 2 is 1.54 bits per heavy atom. The number of thiazole rings is 1. The number of benzene rings is 4. The molecule has 0 spiro atoms. The van der Waals surface area contributed by atoms with Crippen LogP contribution in [0.1, 0.15) is 94.9 Å². The van der Waals surface area contributed by atoms with E-state index in [1.54, 1.807) is 29.5 Å². The zero-order valence-corrected chi connectivity index (χ0v) is 42.8. The number of carbonyl (C=O) groups excluding carboxylic acids is 4. The Balaban J connectivity index is 0.839. The fourth-order valence-electron chi connectivity index (χ4n) is 10.3. The van der Waals surface area contributed by atoms with Gasteiger partial charge in [-0.2, -0.15) is 5.26 Å². The van der Waals surface area contributed by atoms with E-state index in [0.717, 1.165) is 32.8 Å². The fraction of sp³-hybridized carbons (Fsp3) is 0.429. The minimum Gasteiger partial charge on any atom is -0.491 e. The summed E-state index contributed by atoms with van der Waals surface area (Å²) in [5.74, 6) is 0.344. The van der Waals surface area contributed by atoms with E-state index in [2.05, 4.69) is 44.1 Å². The number of carbonyl (C=O) groups is 4. The number of likely N-dealkylation sites (tertiary alicyclic amines) is 1. The molecule has 1 saturated carbocycles. The van der Waals surface area contributed by atoms with Crippen molar-refractivity contribution in [1.29, 1.82) is 5.26 Å². The fourth-order valence-corrected chi connectivity index (χ4v) is 11.3. The number of aryl methyl sites for hydroxylation is 2. The van der Waals surface area contributed by atoms with E-state index in [1.165, 1.54) is 4.90 Å². The van der Waals surface area contributed by atoms with Crippen molar-refractivity contribution in [2.45, 2.75) is 105 Å². The number of ether oxygens (including phenoxy) is 3. The van der Waals surface area contributed by atoms with Gasteiger partial charge in [0.2, 0.25) is 11.8 Å². The summed E-state index contributed by atoms with van der Waals surface area (Å²) in [6, 6.07) is 28.7. The van der Waals surface area contributed by atoms with E-state index in [0.29, 0.717) is 40.5 Å². The monoisotopic (exact) mass is 986 g/mol. The van der Waals surface area contributed by atoms with Crippen molar-refractivity contribution >= 4 is 46.3 Å². The SMILES string of the molecule is Cc1ncsc1-c1ccc(CCC(=O)[C@@H]2C[C@@H](O)CN2C(=O)[C@@H](NC(=O)COCCOc2ccc(-c3ccc(C(=O)CC4C(C)(C)C(Oc5ccc(C#N)c(Cl)c5)C4(C)C)cc3)cc2)C(C)(C)C)cc1. The highest BCUT2D eigenvalue weighted by Gasteiger charge is 2.63. The standard InChI is InChI=1S/C56H63ClN4O8S/c1-34-50(70-33-59-34)39-12-9-35(10-13-39)11-24-46(63)45-27-41(62)31-61(45)52(66)51(54(2,3)4)60-49(65)32-67-25-26-68-42-21-18-37(19-22-42)36-14-16-38(17-15-36)47(64)29-48-55(5,6)53(56(48,7)8)69-43-23-20-40(30-58)44(57)28-43/h9-10,12-23,28,33,41,45,48,51,53,62H,11,24-27,29,31-32H2,1-8H3,(H,60,65)/t41-,45+,48?,51-,53?/m1/s1. The second kappa shape index (κ2) is 21.6. The van der Waals surface area contributed by atoms with E-state index in [1.807, 2.05) is 106 Å². The maximum absolute atomic E-state index is 14.0. The van der Waals surface area contributed by atoms with Gasteiger partial charge in [0, 0.05) is 48.3 Å². The van der Waals surface area contributed by atoms with Crippen LogP contribution in [0.15, 0.2) is 96.5 Å². The Labute approximate surface area is 420 Å². The highest BCUT2D eigenvalue weighted by atomic mass is 35.5. The van der Waals surface area contributed by atoms with Gasteiger partial charge in [-0.25, -0.2) is 4.98 Å². The van der Waals surface area contributed by atoms with Gasteiger partial charge in [0.15, 0.2) is 11.6 Å².